The zero-order valence-corrected chi connectivity index (χ0v) is 19.3. The lowest BCUT2D eigenvalue weighted by atomic mass is 10.1. The molecule has 0 fully saturated rings. The van der Waals surface area contributed by atoms with E-state index in [1.54, 1.807) is 61.7 Å². The third kappa shape index (κ3) is 5.20. The average Bonchev–Trinajstić information content (AvgIpc) is 3.29. The zero-order chi connectivity index (χ0) is 23.6. The minimum Gasteiger partial charge on any atom is -0.508 e. The van der Waals surface area contributed by atoms with E-state index < -0.39 is 10.6 Å². The molecule has 2 heterocycles. The highest BCUT2D eigenvalue weighted by atomic mass is 32.3. The van der Waals surface area contributed by atoms with Crippen LogP contribution in [0.1, 0.15) is 5.69 Å². The van der Waals surface area contributed by atoms with E-state index in [-0.39, 0.29) is 17.4 Å². The molecule has 0 aliphatic carbocycles. The monoisotopic (exact) mass is 467 g/mol. The van der Waals surface area contributed by atoms with Crippen LogP contribution in [0.2, 0.25) is 0 Å². The highest BCUT2D eigenvalue weighted by Crippen LogP contribution is 2.47. The number of benzene rings is 2. The maximum Gasteiger partial charge on any atom is 0.268 e. The fourth-order valence-electron chi connectivity index (χ4n) is 3.10. The predicted molar refractivity (Wildman–Crippen MR) is 127 cm³/mol. The van der Waals surface area contributed by atoms with Crippen LogP contribution < -0.4 is 0 Å². The number of hydrogen-bond acceptors (Lipinski definition) is 9. The smallest absolute Gasteiger partial charge is 0.268 e. The minimum absolute atomic E-state index is 0.151. The van der Waals surface area contributed by atoms with Gasteiger partial charge in [0, 0.05) is 17.7 Å². The van der Waals surface area contributed by atoms with Crippen molar-refractivity contribution in [1.29, 1.82) is 0 Å². The van der Waals surface area contributed by atoms with Crippen LogP contribution in [0.3, 0.4) is 0 Å². The van der Waals surface area contributed by atoms with Gasteiger partial charge in [-0.3, -0.25) is 14.1 Å². The molecular weight excluding hydrogens is 442 g/mol. The Morgan fingerprint density at radius 1 is 0.909 bits per heavy atom. The topological polar surface area (TPSA) is 129 Å². The van der Waals surface area contributed by atoms with Crippen LogP contribution in [-0.2, 0) is 0 Å². The molecule has 4 aromatic rings. The Hall–Kier alpha value is -3.31. The Kier molecular flexibility index (Phi) is 6.43. The van der Waals surface area contributed by atoms with Gasteiger partial charge in [0.25, 0.3) is 5.89 Å². The fraction of sp³-hybridized carbons (Fsp3) is 0.217. The van der Waals surface area contributed by atoms with Gasteiger partial charge in [0.1, 0.15) is 11.4 Å². The standard InChI is InChI=1S/C23H25N5O4S/c1-15-21(23-27-26-22(32-23)17-4-8-18(29)9-5-17)25-20(14-24-15)16-6-10-19(11-7-16)33(30,31)13-12-28(2)3/h4-11,14,29-31H,12-13H2,1-3H3. The highest BCUT2D eigenvalue weighted by molar-refractivity contribution is 8.24. The van der Waals surface area contributed by atoms with E-state index in [1.807, 2.05) is 19.0 Å². The molecule has 9 nitrogen and oxygen atoms in total. The summed E-state index contributed by atoms with van der Waals surface area (Å²) < 4.78 is 26.8. The first-order chi connectivity index (χ1) is 15.7. The van der Waals surface area contributed by atoms with Gasteiger partial charge in [0.2, 0.25) is 5.89 Å². The molecule has 0 aliphatic rings. The minimum atomic E-state index is -2.87. The third-order valence-electron chi connectivity index (χ3n) is 5.05. The molecule has 0 bridgehead atoms. The largest absolute Gasteiger partial charge is 0.508 e. The molecule has 0 amide bonds. The van der Waals surface area contributed by atoms with Gasteiger partial charge in [0.15, 0.2) is 0 Å². The number of rotatable bonds is 7. The molecule has 3 N–H and O–H groups in total. The molecule has 33 heavy (non-hydrogen) atoms. The number of aromatic nitrogens is 4. The lowest BCUT2D eigenvalue weighted by Gasteiger charge is -2.33. The van der Waals surface area contributed by atoms with Crippen LogP contribution in [0, 0.1) is 6.92 Å². The number of aryl methyl sites for hydroxylation is 1. The van der Waals surface area contributed by atoms with E-state index in [1.165, 1.54) is 0 Å². The first kappa shape index (κ1) is 22.9. The summed E-state index contributed by atoms with van der Waals surface area (Å²) in [5, 5.41) is 17.7. The molecule has 0 radical (unpaired) electrons. The van der Waals surface area contributed by atoms with Crippen molar-refractivity contribution >= 4 is 10.6 Å². The van der Waals surface area contributed by atoms with E-state index in [9.17, 15) is 14.2 Å². The van der Waals surface area contributed by atoms with Gasteiger partial charge >= 0.3 is 0 Å². The number of phenols is 1. The Balaban J connectivity index is 1.60. The van der Waals surface area contributed by atoms with Crippen LogP contribution in [0.4, 0.5) is 0 Å². The Bertz CT molecular complexity index is 1240. The highest BCUT2D eigenvalue weighted by Gasteiger charge is 2.18. The Morgan fingerprint density at radius 2 is 1.55 bits per heavy atom. The summed E-state index contributed by atoms with van der Waals surface area (Å²) in [6.45, 7) is 2.38. The lowest BCUT2D eigenvalue weighted by molar-refractivity contribution is 0.417. The van der Waals surface area contributed by atoms with Crippen LogP contribution in [-0.4, -0.2) is 65.7 Å². The lowest BCUT2D eigenvalue weighted by Crippen LogP contribution is -2.20. The number of hydrogen-bond donors (Lipinski definition) is 3. The molecule has 172 valence electrons. The van der Waals surface area contributed by atoms with Crippen molar-refractivity contribution in [1.82, 2.24) is 25.1 Å². The maximum absolute atomic E-state index is 10.5. The van der Waals surface area contributed by atoms with Crippen molar-refractivity contribution in [2.24, 2.45) is 0 Å². The second-order valence-electron chi connectivity index (χ2n) is 7.85. The van der Waals surface area contributed by atoms with Crippen molar-refractivity contribution in [3.05, 3.63) is 60.4 Å². The SMILES string of the molecule is Cc1ncc(-c2ccc(S(O)(O)CCN(C)C)cc2)nc1-c1nnc(-c2ccc(O)cc2)o1. The summed E-state index contributed by atoms with van der Waals surface area (Å²) in [4.78, 5) is 11.5. The third-order valence-corrected chi connectivity index (χ3v) is 6.83. The molecule has 0 unspecified atom stereocenters. The maximum atomic E-state index is 10.5. The van der Waals surface area contributed by atoms with Crippen molar-refractivity contribution in [2.45, 2.75) is 11.8 Å². The average molecular weight is 468 g/mol. The van der Waals surface area contributed by atoms with Crippen LogP contribution >= 0.6 is 10.6 Å². The van der Waals surface area contributed by atoms with Gasteiger partial charge in [-0.15, -0.1) is 10.2 Å². The number of phenolic OH excluding ortho intramolecular Hbond substituents is 1. The van der Waals surface area contributed by atoms with Crippen molar-refractivity contribution in [3.63, 3.8) is 0 Å². The normalized spacial score (nSPS) is 12.3. The molecule has 0 spiro atoms. The first-order valence-corrected chi connectivity index (χ1v) is 11.9. The van der Waals surface area contributed by atoms with E-state index in [4.69, 9.17) is 4.42 Å². The quantitative estimate of drug-likeness (QED) is 0.358. The summed E-state index contributed by atoms with van der Waals surface area (Å²) in [6, 6.07) is 13.5. The molecule has 0 saturated carbocycles. The molecule has 0 saturated heterocycles. The Labute approximate surface area is 193 Å². The van der Waals surface area contributed by atoms with Gasteiger partial charge in [-0.2, -0.15) is 10.6 Å². The summed E-state index contributed by atoms with van der Waals surface area (Å²) in [6.07, 6.45) is 1.65. The molecule has 4 rings (SSSR count). The van der Waals surface area contributed by atoms with Gasteiger partial charge in [-0.1, -0.05) is 12.1 Å². The van der Waals surface area contributed by atoms with E-state index in [2.05, 4.69) is 20.2 Å². The fourth-order valence-corrected chi connectivity index (χ4v) is 4.53. The van der Waals surface area contributed by atoms with Crippen molar-refractivity contribution in [3.8, 4) is 40.0 Å². The molecule has 0 aliphatic heterocycles. The van der Waals surface area contributed by atoms with E-state index >= 15 is 0 Å². The molecule has 2 aromatic heterocycles. The van der Waals surface area contributed by atoms with Gasteiger partial charge in [0.05, 0.1) is 28.2 Å². The van der Waals surface area contributed by atoms with Crippen LogP contribution in [0.15, 0.2) is 64.0 Å². The summed E-state index contributed by atoms with van der Waals surface area (Å²) in [5.74, 6) is 0.968. The van der Waals surface area contributed by atoms with Crippen molar-refractivity contribution in [2.75, 3.05) is 26.4 Å². The summed E-state index contributed by atoms with van der Waals surface area (Å²) >= 11 is 0. The van der Waals surface area contributed by atoms with Gasteiger partial charge in [-0.05, 0) is 57.4 Å². The van der Waals surface area contributed by atoms with E-state index in [0.29, 0.717) is 40.0 Å². The van der Waals surface area contributed by atoms with Crippen molar-refractivity contribution < 1.29 is 18.6 Å². The second kappa shape index (κ2) is 9.28. The molecule has 2 aromatic carbocycles. The molecular formula is C23H25N5O4S. The molecule has 0 atom stereocenters. The second-order valence-corrected chi connectivity index (χ2v) is 10.1. The predicted octanol–water partition coefficient (Wildman–Crippen LogP) is 4.55. The van der Waals surface area contributed by atoms with E-state index in [0.717, 1.165) is 5.56 Å². The molecule has 10 heteroatoms. The van der Waals surface area contributed by atoms with Crippen LogP contribution in [0.25, 0.3) is 34.3 Å². The Morgan fingerprint density at radius 3 is 2.21 bits per heavy atom. The van der Waals surface area contributed by atoms with Crippen LogP contribution in [0.5, 0.6) is 5.75 Å². The first-order valence-electron chi connectivity index (χ1n) is 10.2. The summed E-state index contributed by atoms with van der Waals surface area (Å²) in [5.41, 5.74) is 3.14. The zero-order valence-electron chi connectivity index (χ0n) is 18.5. The number of nitrogens with zero attached hydrogens (tertiary/aromatic N) is 5. The summed E-state index contributed by atoms with van der Waals surface area (Å²) in [7, 11) is 0.919. The van der Waals surface area contributed by atoms with Gasteiger partial charge < -0.3 is 14.4 Å². The van der Waals surface area contributed by atoms with Gasteiger partial charge in [-0.25, -0.2) is 4.98 Å². The number of aromatic hydroxyl groups is 1.